The lowest BCUT2D eigenvalue weighted by Crippen LogP contribution is -2.60. The lowest BCUT2D eigenvalue weighted by Gasteiger charge is -2.40. The van der Waals surface area contributed by atoms with Gasteiger partial charge in [-0.05, 0) is 77.1 Å². The molecule has 0 aromatic heterocycles. The minimum absolute atomic E-state index is 0.149. The maximum absolute atomic E-state index is 14.0. The van der Waals surface area contributed by atoms with E-state index in [4.69, 9.17) is 4.74 Å². The standard InChI is InChI=1S/C28H12BF12NO/c30-25(31,32)13-1-5-17(6-2-13)42-20-7-3-14(26(33,34)35)9-18(20)29-19-10-15(27(36,37)38)4-8-22(19)43-23-12-16(28(39,40)41)11-21(42)24(23)29/h1-12H. The number of hydrogen-bond donors (Lipinski definition) is 0. The van der Waals surface area contributed by atoms with Crippen LogP contribution in [0.4, 0.5) is 69.7 Å². The number of hydrogen-bond acceptors (Lipinski definition) is 2. The smallest absolute Gasteiger partial charge is 0.416 e. The highest BCUT2D eigenvalue weighted by atomic mass is 19.4. The van der Waals surface area contributed by atoms with Gasteiger partial charge in [0.05, 0.1) is 22.3 Å². The summed E-state index contributed by atoms with van der Waals surface area (Å²) in [5.74, 6) is -0.788. The Morgan fingerprint density at radius 2 is 0.977 bits per heavy atom. The highest BCUT2D eigenvalue weighted by Crippen LogP contribution is 2.45. The van der Waals surface area contributed by atoms with E-state index in [0.717, 1.165) is 29.2 Å². The Balaban J connectivity index is 1.69. The van der Waals surface area contributed by atoms with Crippen molar-refractivity contribution in [2.75, 3.05) is 4.90 Å². The molecule has 0 atom stereocenters. The van der Waals surface area contributed by atoms with Crippen LogP contribution >= 0.6 is 0 Å². The van der Waals surface area contributed by atoms with Crippen LogP contribution in [0.1, 0.15) is 22.3 Å². The van der Waals surface area contributed by atoms with Crippen molar-refractivity contribution >= 4 is 40.2 Å². The van der Waals surface area contributed by atoms with Gasteiger partial charge in [-0.2, -0.15) is 52.7 Å². The molecule has 0 aliphatic carbocycles. The van der Waals surface area contributed by atoms with Crippen LogP contribution in [0, 0.1) is 0 Å². The van der Waals surface area contributed by atoms with Crippen molar-refractivity contribution < 1.29 is 57.4 Å². The number of benzene rings is 4. The number of ether oxygens (including phenoxy) is 1. The summed E-state index contributed by atoms with van der Waals surface area (Å²) in [4.78, 5) is 1.03. The van der Waals surface area contributed by atoms with Gasteiger partial charge in [0.2, 0.25) is 0 Å². The zero-order valence-corrected chi connectivity index (χ0v) is 20.9. The van der Waals surface area contributed by atoms with Crippen LogP contribution in [0.5, 0.6) is 11.5 Å². The minimum atomic E-state index is -4.98. The summed E-state index contributed by atoms with van der Waals surface area (Å²) in [6.45, 7) is -1.46. The van der Waals surface area contributed by atoms with E-state index in [1.165, 1.54) is 0 Å². The van der Waals surface area contributed by atoms with E-state index >= 15 is 0 Å². The van der Waals surface area contributed by atoms with Crippen molar-refractivity contribution in [3.8, 4) is 11.5 Å². The lowest BCUT2D eigenvalue weighted by atomic mass is 9.34. The molecule has 0 saturated heterocycles. The Labute approximate surface area is 234 Å². The fourth-order valence-electron chi connectivity index (χ4n) is 5.35. The van der Waals surface area contributed by atoms with E-state index in [1.54, 1.807) is 0 Å². The molecule has 0 N–H and O–H groups in total. The van der Waals surface area contributed by atoms with E-state index in [1.807, 2.05) is 0 Å². The molecule has 15 heteroatoms. The third-order valence-electron chi connectivity index (χ3n) is 7.20. The van der Waals surface area contributed by atoms with Gasteiger partial charge in [-0.25, -0.2) is 0 Å². The average Bonchev–Trinajstić information content (AvgIpc) is 2.90. The average molecular weight is 617 g/mol. The molecule has 2 heterocycles. The summed E-state index contributed by atoms with van der Waals surface area (Å²) < 4.78 is 170. The molecule has 4 aromatic carbocycles. The molecule has 0 fully saturated rings. The second kappa shape index (κ2) is 9.10. The molecule has 0 saturated carbocycles. The zero-order chi connectivity index (χ0) is 31.3. The largest absolute Gasteiger partial charge is 0.458 e. The van der Waals surface area contributed by atoms with E-state index in [-0.39, 0.29) is 39.2 Å². The Kier molecular flexibility index (Phi) is 6.10. The molecule has 0 radical (unpaired) electrons. The molecule has 2 aliphatic rings. The fraction of sp³-hybridized carbons (Fsp3) is 0.143. The predicted octanol–water partition coefficient (Wildman–Crippen LogP) is 8.17. The van der Waals surface area contributed by atoms with Gasteiger partial charge in [0, 0.05) is 17.1 Å². The molecule has 0 unspecified atom stereocenters. The van der Waals surface area contributed by atoms with Gasteiger partial charge in [-0.15, -0.1) is 0 Å². The maximum Gasteiger partial charge on any atom is 0.416 e. The summed E-state index contributed by atoms with van der Waals surface area (Å²) in [5, 5.41) is 0. The molecular weight excluding hydrogens is 605 g/mol. The number of halogens is 12. The first-order chi connectivity index (χ1) is 19.8. The van der Waals surface area contributed by atoms with E-state index in [0.29, 0.717) is 48.5 Å². The number of nitrogens with zero attached hydrogens (tertiary/aromatic N) is 1. The SMILES string of the molecule is FC(F)(F)c1ccc(N2c3ccc(C(F)(F)F)cc3B3c4cc(C(F)(F)F)ccc4Oc4cc(C(F)(F)F)cc2c43)cc1. The summed E-state index contributed by atoms with van der Waals surface area (Å²) >= 11 is 0. The molecule has 0 amide bonds. The van der Waals surface area contributed by atoms with Gasteiger partial charge in [0.15, 0.2) is 0 Å². The van der Waals surface area contributed by atoms with Gasteiger partial charge in [-0.1, -0.05) is 12.1 Å². The molecule has 0 bridgehead atoms. The minimum Gasteiger partial charge on any atom is -0.458 e. The van der Waals surface area contributed by atoms with Crippen LogP contribution in [0.3, 0.4) is 0 Å². The number of rotatable bonds is 1. The summed E-state index contributed by atoms with van der Waals surface area (Å²) in [6.07, 6.45) is -19.5. The number of alkyl halides is 12. The normalized spacial score (nSPS) is 14.6. The van der Waals surface area contributed by atoms with Crippen LogP contribution in [0.25, 0.3) is 0 Å². The quantitative estimate of drug-likeness (QED) is 0.136. The third-order valence-corrected chi connectivity index (χ3v) is 7.20. The molecule has 2 nitrogen and oxygen atoms in total. The molecule has 2 aliphatic heterocycles. The number of fused-ring (bicyclic) bond motifs is 4. The fourth-order valence-corrected chi connectivity index (χ4v) is 5.35. The highest BCUT2D eigenvalue weighted by molar-refractivity contribution is 6.99. The third kappa shape index (κ3) is 4.84. The van der Waals surface area contributed by atoms with Crippen molar-refractivity contribution in [1.82, 2.24) is 0 Å². The van der Waals surface area contributed by atoms with Crippen LogP contribution in [0.15, 0.2) is 72.8 Å². The second-order valence-corrected chi connectivity index (χ2v) is 9.84. The Hall–Kier alpha value is -4.30. The molecule has 4 aromatic rings. The first-order valence-corrected chi connectivity index (χ1v) is 12.2. The monoisotopic (exact) mass is 617 g/mol. The summed E-state index contributed by atoms with van der Waals surface area (Å²) in [7, 11) is 0. The van der Waals surface area contributed by atoms with E-state index < -0.39 is 59.4 Å². The molecule has 222 valence electrons. The highest BCUT2D eigenvalue weighted by Gasteiger charge is 2.46. The lowest BCUT2D eigenvalue weighted by molar-refractivity contribution is -0.138. The molecule has 43 heavy (non-hydrogen) atoms. The summed E-state index contributed by atoms with van der Waals surface area (Å²) in [6, 6.07) is 8.72. The van der Waals surface area contributed by atoms with Crippen LogP contribution in [-0.4, -0.2) is 6.71 Å². The Morgan fingerprint density at radius 3 is 1.53 bits per heavy atom. The predicted molar refractivity (Wildman–Crippen MR) is 132 cm³/mol. The molecule has 6 rings (SSSR count). The van der Waals surface area contributed by atoms with Gasteiger partial charge in [0.25, 0.3) is 6.71 Å². The van der Waals surface area contributed by atoms with Crippen LogP contribution < -0.4 is 26.0 Å². The van der Waals surface area contributed by atoms with E-state index in [9.17, 15) is 52.7 Å². The van der Waals surface area contributed by atoms with Gasteiger partial charge >= 0.3 is 24.7 Å². The van der Waals surface area contributed by atoms with Crippen molar-refractivity contribution in [3.05, 3.63) is 95.1 Å². The van der Waals surface area contributed by atoms with Crippen molar-refractivity contribution in [1.29, 1.82) is 0 Å². The first-order valence-electron chi connectivity index (χ1n) is 12.2. The van der Waals surface area contributed by atoms with Crippen LogP contribution in [-0.2, 0) is 24.7 Å². The molecule has 0 spiro atoms. The van der Waals surface area contributed by atoms with Gasteiger partial charge in [0.1, 0.15) is 11.5 Å². The second-order valence-electron chi connectivity index (χ2n) is 9.84. The Morgan fingerprint density at radius 1 is 0.465 bits per heavy atom. The van der Waals surface area contributed by atoms with E-state index in [2.05, 4.69) is 0 Å². The maximum atomic E-state index is 14.0. The van der Waals surface area contributed by atoms with Crippen molar-refractivity contribution in [3.63, 3.8) is 0 Å². The summed E-state index contributed by atoms with van der Waals surface area (Å²) in [5.41, 5.74) is -6.09. The first kappa shape index (κ1) is 28.8. The topological polar surface area (TPSA) is 12.5 Å². The van der Waals surface area contributed by atoms with Gasteiger partial charge < -0.3 is 9.64 Å². The zero-order valence-electron chi connectivity index (χ0n) is 20.9. The Bertz CT molecular complexity index is 1750. The van der Waals surface area contributed by atoms with Gasteiger partial charge in [-0.3, -0.25) is 0 Å². The van der Waals surface area contributed by atoms with Crippen molar-refractivity contribution in [2.24, 2.45) is 0 Å². The van der Waals surface area contributed by atoms with Crippen molar-refractivity contribution in [2.45, 2.75) is 24.7 Å². The molecular formula is C28H12BF12NO. The number of anilines is 3. The van der Waals surface area contributed by atoms with Crippen LogP contribution in [0.2, 0.25) is 0 Å².